The molecule has 1 unspecified atom stereocenters. The van der Waals surface area contributed by atoms with E-state index in [0.29, 0.717) is 13.0 Å². The zero-order valence-electron chi connectivity index (χ0n) is 6.12. The molecule has 0 amide bonds. The maximum Gasteiger partial charge on any atom is 0.340 e. The van der Waals surface area contributed by atoms with Crippen molar-refractivity contribution in [3.05, 3.63) is 24.8 Å². The lowest BCUT2D eigenvalue weighted by Crippen LogP contribution is -2.36. The molecule has 1 atom stereocenters. The molecule has 3 nitrogen and oxygen atoms in total. The molecule has 60 valence electrons. The largest absolute Gasteiger partial charge is 0.479 e. The SMILES string of the molecule is C=CCC1(C(=O)O)C=CCO1. The van der Waals surface area contributed by atoms with Crippen LogP contribution in [-0.2, 0) is 9.53 Å². The predicted molar refractivity (Wildman–Crippen MR) is 40.3 cm³/mol. The molecule has 0 aliphatic carbocycles. The Morgan fingerprint density at radius 2 is 2.64 bits per heavy atom. The quantitative estimate of drug-likeness (QED) is 0.616. The maximum absolute atomic E-state index is 10.7. The van der Waals surface area contributed by atoms with Crippen LogP contribution in [0.15, 0.2) is 24.8 Å². The summed E-state index contributed by atoms with van der Waals surface area (Å²) in [5.74, 6) is -0.953. The average Bonchev–Trinajstić information content (AvgIpc) is 2.38. The normalized spacial score (nSPS) is 28.7. The van der Waals surface area contributed by atoms with Crippen LogP contribution in [0.3, 0.4) is 0 Å². The highest BCUT2D eigenvalue weighted by molar-refractivity contribution is 5.80. The molecule has 0 saturated carbocycles. The van der Waals surface area contributed by atoms with E-state index in [-0.39, 0.29) is 0 Å². The van der Waals surface area contributed by atoms with Gasteiger partial charge in [0.25, 0.3) is 0 Å². The van der Waals surface area contributed by atoms with Crippen molar-refractivity contribution >= 4 is 5.97 Å². The van der Waals surface area contributed by atoms with Gasteiger partial charge in [0.15, 0.2) is 5.60 Å². The molecule has 1 rings (SSSR count). The van der Waals surface area contributed by atoms with E-state index in [1.165, 1.54) is 0 Å². The molecular formula is C8H10O3. The number of carboxylic acid groups (broad SMARTS) is 1. The van der Waals surface area contributed by atoms with E-state index in [4.69, 9.17) is 9.84 Å². The fraction of sp³-hybridized carbons (Fsp3) is 0.375. The van der Waals surface area contributed by atoms with Gasteiger partial charge in [-0.25, -0.2) is 4.79 Å². The number of rotatable bonds is 3. The van der Waals surface area contributed by atoms with Crippen molar-refractivity contribution in [1.82, 2.24) is 0 Å². The fourth-order valence-corrected chi connectivity index (χ4v) is 1.05. The Kier molecular flexibility index (Phi) is 2.10. The Morgan fingerprint density at radius 3 is 3.00 bits per heavy atom. The lowest BCUT2D eigenvalue weighted by Gasteiger charge is -2.19. The van der Waals surface area contributed by atoms with Crippen LogP contribution in [0.1, 0.15) is 6.42 Å². The molecule has 0 bridgehead atoms. The molecule has 1 heterocycles. The van der Waals surface area contributed by atoms with Gasteiger partial charge in [0.2, 0.25) is 0 Å². The minimum atomic E-state index is -1.14. The second-order valence-corrected chi connectivity index (χ2v) is 2.40. The molecule has 0 saturated heterocycles. The van der Waals surface area contributed by atoms with Crippen LogP contribution in [0.5, 0.6) is 0 Å². The molecule has 11 heavy (non-hydrogen) atoms. The zero-order chi connectivity index (χ0) is 8.32. The van der Waals surface area contributed by atoms with Crippen molar-refractivity contribution in [3.63, 3.8) is 0 Å². The number of hydrogen-bond donors (Lipinski definition) is 1. The van der Waals surface area contributed by atoms with Gasteiger partial charge in [-0.15, -0.1) is 6.58 Å². The van der Waals surface area contributed by atoms with E-state index >= 15 is 0 Å². The lowest BCUT2D eigenvalue weighted by molar-refractivity contribution is -0.156. The summed E-state index contributed by atoms with van der Waals surface area (Å²) in [5.41, 5.74) is -1.14. The fourth-order valence-electron chi connectivity index (χ4n) is 1.05. The maximum atomic E-state index is 10.7. The van der Waals surface area contributed by atoms with E-state index in [1.807, 2.05) is 0 Å². The number of carbonyl (C=O) groups is 1. The first-order chi connectivity index (χ1) is 5.21. The van der Waals surface area contributed by atoms with Crippen LogP contribution >= 0.6 is 0 Å². The van der Waals surface area contributed by atoms with Crippen molar-refractivity contribution in [2.75, 3.05) is 6.61 Å². The Bertz CT molecular complexity index is 207. The smallest absolute Gasteiger partial charge is 0.340 e. The highest BCUT2D eigenvalue weighted by Crippen LogP contribution is 2.23. The average molecular weight is 154 g/mol. The highest BCUT2D eigenvalue weighted by atomic mass is 16.5. The monoisotopic (exact) mass is 154 g/mol. The van der Waals surface area contributed by atoms with Crippen molar-refractivity contribution in [3.8, 4) is 0 Å². The van der Waals surface area contributed by atoms with Gasteiger partial charge in [0.05, 0.1) is 6.61 Å². The third-order valence-corrected chi connectivity index (χ3v) is 1.63. The molecule has 1 N–H and O–H groups in total. The van der Waals surface area contributed by atoms with Crippen LogP contribution < -0.4 is 0 Å². The molecule has 0 aromatic carbocycles. The standard InChI is InChI=1S/C8H10O3/c1-2-4-8(7(9)10)5-3-6-11-8/h2-3,5H,1,4,6H2,(H,9,10). The van der Waals surface area contributed by atoms with Gasteiger partial charge in [0.1, 0.15) is 0 Å². The molecule has 3 heteroatoms. The lowest BCUT2D eigenvalue weighted by atomic mass is 10.0. The van der Waals surface area contributed by atoms with Crippen molar-refractivity contribution in [2.24, 2.45) is 0 Å². The van der Waals surface area contributed by atoms with Crippen molar-refractivity contribution in [2.45, 2.75) is 12.0 Å². The number of carboxylic acids is 1. The molecule has 0 aromatic rings. The van der Waals surface area contributed by atoms with Gasteiger partial charge in [-0.1, -0.05) is 12.2 Å². The summed E-state index contributed by atoms with van der Waals surface area (Å²) < 4.78 is 5.06. The van der Waals surface area contributed by atoms with E-state index in [0.717, 1.165) is 0 Å². The molecule has 0 fully saturated rings. The molecule has 1 aliphatic rings. The molecule has 0 spiro atoms. The van der Waals surface area contributed by atoms with Gasteiger partial charge in [0, 0.05) is 6.42 Å². The molecule has 0 radical (unpaired) electrons. The zero-order valence-corrected chi connectivity index (χ0v) is 6.12. The third-order valence-electron chi connectivity index (χ3n) is 1.63. The van der Waals surface area contributed by atoms with Crippen LogP contribution in [0, 0.1) is 0 Å². The summed E-state index contributed by atoms with van der Waals surface area (Å²) in [6.45, 7) is 3.85. The van der Waals surface area contributed by atoms with Crippen molar-refractivity contribution in [1.29, 1.82) is 0 Å². The molecule has 1 aliphatic heterocycles. The first-order valence-electron chi connectivity index (χ1n) is 3.37. The summed E-state index contributed by atoms with van der Waals surface area (Å²) in [7, 11) is 0. The Balaban J connectivity index is 2.79. The Morgan fingerprint density at radius 1 is 1.91 bits per heavy atom. The third kappa shape index (κ3) is 1.33. The highest BCUT2D eigenvalue weighted by Gasteiger charge is 2.37. The minimum absolute atomic E-state index is 0.318. The van der Waals surface area contributed by atoms with Gasteiger partial charge in [-0.2, -0.15) is 0 Å². The van der Waals surface area contributed by atoms with E-state index in [2.05, 4.69) is 6.58 Å². The van der Waals surface area contributed by atoms with Crippen LogP contribution in [-0.4, -0.2) is 23.3 Å². The second-order valence-electron chi connectivity index (χ2n) is 2.40. The Labute approximate surface area is 65.0 Å². The van der Waals surface area contributed by atoms with E-state index in [1.54, 1.807) is 18.2 Å². The van der Waals surface area contributed by atoms with E-state index in [9.17, 15) is 4.79 Å². The summed E-state index contributed by atoms with van der Waals surface area (Å²) in [5, 5.41) is 8.77. The number of hydrogen-bond acceptors (Lipinski definition) is 2. The number of aliphatic carboxylic acids is 1. The van der Waals surface area contributed by atoms with E-state index < -0.39 is 11.6 Å². The van der Waals surface area contributed by atoms with Crippen LogP contribution in [0.4, 0.5) is 0 Å². The van der Waals surface area contributed by atoms with Crippen molar-refractivity contribution < 1.29 is 14.6 Å². The first kappa shape index (κ1) is 8.01. The summed E-state index contributed by atoms with van der Waals surface area (Å²) in [6, 6.07) is 0. The van der Waals surface area contributed by atoms with Crippen LogP contribution in [0.2, 0.25) is 0 Å². The van der Waals surface area contributed by atoms with Gasteiger partial charge >= 0.3 is 5.97 Å². The van der Waals surface area contributed by atoms with Gasteiger partial charge < -0.3 is 9.84 Å². The first-order valence-corrected chi connectivity index (χ1v) is 3.37. The molecular weight excluding hydrogens is 144 g/mol. The summed E-state index contributed by atoms with van der Waals surface area (Å²) in [4.78, 5) is 10.7. The molecule has 0 aromatic heterocycles. The summed E-state index contributed by atoms with van der Waals surface area (Å²) >= 11 is 0. The van der Waals surface area contributed by atoms with Gasteiger partial charge in [-0.05, 0) is 6.08 Å². The predicted octanol–water partition coefficient (Wildman–Crippen LogP) is 0.972. The van der Waals surface area contributed by atoms with Gasteiger partial charge in [-0.3, -0.25) is 0 Å². The van der Waals surface area contributed by atoms with Crippen LogP contribution in [0.25, 0.3) is 0 Å². The number of ether oxygens (including phenoxy) is 1. The Hall–Kier alpha value is -1.09. The topological polar surface area (TPSA) is 46.5 Å². The minimum Gasteiger partial charge on any atom is -0.479 e. The second kappa shape index (κ2) is 2.88. The summed E-state index contributed by atoms with van der Waals surface area (Å²) in [6.07, 6.45) is 5.14.